The fraction of sp³-hybridized carbons (Fsp3) is 0.350. The Morgan fingerprint density at radius 1 is 1.03 bits per heavy atom. The van der Waals surface area contributed by atoms with Gasteiger partial charge in [0.25, 0.3) is 0 Å². The molecular formula is C20H23ClN2O5S2. The molecule has 1 aliphatic rings. The highest BCUT2D eigenvalue weighted by Crippen LogP contribution is 2.27. The van der Waals surface area contributed by atoms with Crippen molar-refractivity contribution in [3.05, 3.63) is 59.1 Å². The van der Waals surface area contributed by atoms with Gasteiger partial charge in [0.15, 0.2) is 9.84 Å². The maximum atomic E-state index is 13.0. The first-order valence-corrected chi connectivity index (χ1v) is 13.1. The maximum Gasteiger partial charge on any atom is 0.243 e. The number of amides is 1. The van der Waals surface area contributed by atoms with Crippen molar-refractivity contribution in [2.45, 2.75) is 41.6 Å². The topological polar surface area (TPSA) is 101 Å². The molecule has 0 radical (unpaired) electrons. The average molecular weight is 471 g/mol. The molecule has 0 aromatic heterocycles. The zero-order chi connectivity index (χ0) is 22.1. The number of carbonyl (C=O) groups excluding carboxylic acids is 1. The van der Waals surface area contributed by atoms with E-state index in [4.69, 9.17) is 11.6 Å². The van der Waals surface area contributed by atoms with Gasteiger partial charge in [-0.1, -0.05) is 23.7 Å². The smallest absolute Gasteiger partial charge is 0.243 e. The quantitative estimate of drug-likeness (QED) is 0.699. The van der Waals surface area contributed by atoms with Gasteiger partial charge < -0.3 is 5.32 Å². The minimum atomic E-state index is -3.82. The molecule has 1 N–H and O–H groups in total. The van der Waals surface area contributed by atoms with E-state index >= 15 is 0 Å². The van der Waals surface area contributed by atoms with Gasteiger partial charge in [0.05, 0.1) is 15.8 Å². The van der Waals surface area contributed by atoms with Crippen LogP contribution in [0, 0.1) is 0 Å². The number of sulfone groups is 1. The van der Waals surface area contributed by atoms with Gasteiger partial charge in [-0.25, -0.2) is 16.8 Å². The van der Waals surface area contributed by atoms with Crippen LogP contribution >= 0.6 is 11.6 Å². The van der Waals surface area contributed by atoms with Crippen LogP contribution in [0.4, 0.5) is 0 Å². The molecule has 2 aromatic rings. The number of halogens is 1. The van der Waals surface area contributed by atoms with Crippen molar-refractivity contribution >= 4 is 37.4 Å². The highest BCUT2D eigenvalue weighted by atomic mass is 35.5. The lowest BCUT2D eigenvalue weighted by atomic mass is 10.1. The molecule has 2 aromatic carbocycles. The van der Waals surface area contributed by atoms with E-state index in [1.165, 1.54) is 40.7 Å². The zero-order valence-corrected chi connectivity index (χ0v) is 19.0. The summed E-state index contributed by atoms with van der Waals surface area (Å²) in [6, 6.07) is 10.9. The van der Waals surface area contributed by atoms with Crippen molar-refractivity contribution in [1.82, 2.24) is 9.62 Å². The number of hydrogen-bond donors (Lipinski definition) is 1. The second-order valence-electron chi connectivity index (χ2n) is 7.30. The van der Waals surface area contributed by atoms with Gasteiger partial charge in [0, 0.05) is 17.8 Å². The van der Waals surface area contributed by atoms with Gasteiger partial charge in [-0.2, -0.15) is 4.31 Å². The number of hydrogen-bond acceptors (Lipinski definition) is 5. The monoisotopic (exact) mass is 470 g/mol. The van der Waals surface area contributed by atoms with Crippen molar-refractivity contribution in [3.63, 3.8) is 0 Å². The summed E-state index contributed by atoms with van der Waals surface area (Å²) in [7, 11) is -7.13. The summed E-state index contributed by atoms with van der Waals surface area (Å²) in [6.07, 6.45) is 2.14. The number of sulfonamides is 1. The van der Waals surface area contributed by atoms with Gasteiger partial charge in [-0.15, -0.1) is 0 Å². The molecular weight excluding hydrogens is 448 g/mol. The van der Waals surface area contributed by atoms with Crippen molar-refractivity contribution < 1.29 is 21.6 Å². The molecule has 162 valence electrons. The van der Waals surface area contributed by atoms with E-state index in [0.29, 0.717) is 17.9 Å². The summed E-state index contributed by atoms with van der Waals surface area (Å²) in [5.41, 5.74) is 0.723. The third-order valence-corrected chi connectivity index (χ3v) is 8.40. The van der Waals surface area contributed by atoms with Gasteiger partial charge in [-0.05, 0) is 61.7 Å². The zero-order valence-electron chi connectivity index (χ0n) is 16.6. The number of benzene rings is 2. The lowest BCUT2D eigenvalue weighted by molar-refractivity contribution is -0.124. The molecule has 3 rings (SSSR count). The van der Waals surface area contributed by atoms with E-state index in [-0.39, 0.29) is 22.2 Å². The van der Waals surface area contributed by atoms with Crippen molar-refractivity contribution in [1.29, 1.82) is 0 Å². The number of carbonyl (C=O) groups is 1. The molecule has 1 aliphatic heterocycles. The molecule has 1 amide bonds. The third kappa shape index (κ3) is 4.85. The van der Waals surface area contributed by atoms with E-state index in [9.17, 15) is 21.6 Å². The lowest BCUT2D eigenvalue weighted by Crippen LogP contribution is -2.46. The Morgan fingerprint density at radius 2 is 1.60 bits per heavy atom. The number of rotatable bonds is 6. The first-order chi connectivity index (χ1) is 14.0. The van der Waals surface area contributed by atoms with Gasteiger partial charge in [0.2, 0.25) is 15.9 Å². The standard InChI is InChI=1S/C20H23ClN2O5S2/c1-14(15-5-9-17(10-6-15)29(2,25)26)22-20(24)19-4-3-13-23(19)30(27,28)18-11-7-16(21)8-12-18/h5-12,14,19H,3-4,13H2,1-2H3,(H,22,24)/t14-,19-/m1/s1. The Hall–Kier alpha value is -1.94. The summed E-state index contributed by atoms with van der Waals surface area (Å²) in [4.78, 5) is 13.2. The van der Waals surface area contributed by atoms with Crippen LogP contribution in [0.1, 0.15) is 31.4 Å². The molecule has 7 nitrogen and oxygen atoms in total. The predicted molar refractivity (Wildman–Crippen MR) is 114 cm³/mol. The Balaban J connectivity index is 1.75. The van der Waals surface area contributed by atoms with Crippen LogP contribution in [-0.4, -0.2) is 45.9 Å². The van der Waals surface area contributed by atoms with Gasteiger partial charge >= 0.3 is 0 Å². The summed E-state index contributed by atoms with van der Waals surface area (Å²) in [6.45, 7) is 2.03. The fourth-order valence-electron chi connectivity index (χ4n) is 3.43. The lowest BCUT2D eigenvalue weighted by Gasteiger charge is -2.25. The minimum absolute atomic E-state index is 0.0935. The second kappa shape index (κ2) is 8.66. The first kappa shape index (κ1) is 22.7. The van der Waals surface area contributed by atoms with Crippen LogP contribution in [0.25, 0.3) is 0 Å². The van der Waals surface area contributed by atoms with Gasteiger partial charge in [-0.3, -0.25) is 4.79 Å². The summed E-state index contributed by atoms with van der Waals surface area (Å²) >= 11 is 5.84. The Morgan fingerprint density at radius 3 is 2.17 bits per heavy atom. The van der Waals surface area contributed by atoms with Crippen LogP contribution in [0.15, 0.2) is 58.3 Å². The molecule has 0 bridgehead atoms. The Bertz CT molecular complexity index is 1130. The van der Waals surface area contributed by atoms with Crippen LogP contribution in [0.3, 0.4) is 0 Å². The van der Waals surface area contributed by atoms with E-state index < -0.39 is 31.9 Å². The first-order valence-electron chi connectivity index (χ1n) is 9.38. The molecule has 1 saturated heterocycles. The minimum Gasteiger partial charge on any atom is -0.348 e. The highest BCUT2D eigenvalue weighted by Gasteiger charge is 2.39. The molecule has 1 heterocycles. The van der Waals surface area contributed by atoms with E-state index in [0.717, 1.165) is 11.8 Å². The Labute approximate surface area is 182 Å². The van der Waals surface area contributed by atoms with Crippen molar-refractivity contribution in [2.75, 3.05) is 12.8 Å². The number of nitrogens with one attached hydrogen (secondary N) is 1. The maximum absolute atomic E-state index is 13.0. The predicted octanol–water partition coefficient (Wildman–Crippen LogP) is 2.77. The van der Waals surface area contributed by atoms with E-state index in [1.54, 1.807) is 19.1 Å². The molecule has 2 atom stereocenters. The van der Waals surface area contributed by atoms with Crippen LogP contribution in [0.5, 0.6) is 0 Å². The molecule has 0 unspecified atom stereocenters. The highest BCUT2D eigenvalue weighted by molar-refractivity contribution is 7.90. The largest absolute Gasteiger partial charge is 0.348 e. The van der Waals surface area contributed by atoms with Crippen LogP contribution in [0.2, 0.25) is 5.02 Å². The normalized spacial score (nSPS) is 18.8. The van der Waals surface area contributed by atoms with Gasteiger partial charge in [0.1, 0.15) is 6.04 Å². The summed E-state index contributed by atoms with van der Waals surface area (Å²) < 4.78 is 50.4. The molecule has 10 heteroatoms. The van der Waals surface area contributed by atoms with E-state index in [1.807, 2.05) is 0 Å². The molecule has 0 saturated carbocycles. The van der Waals surface area contributed by atoms with Crippen LogP contribution in [-0.2, 0) is 24.7 Å². The third-order valence-electron chi connectivity index (χ3n) is 5.09. The van der Waals surface area contributed by atoms with Crippen molar-refractivity contribution in [3.8, 4) is 0 Å². The van der Waals surface area contributed by atoms with Crippen LogP contribution < -0.4 is 5.32 Å². The van der Waals surface area contributed by atoms with Crippen molar-refractivity contribution in [2.24, 2.45) is 0 Å². The van der Waals surface area contributed by atoms with E-state index in [2.05, 4.69) is 5.32 Å². The fourth-order valence-corrected chi connectivity index (χ4v) is 5.84. The number of nitrogens with zero attached hydrogens (tertiary/aromatic N) is 1. The molecule has 0 aliphatic carbocycles. The summed E-state index contributed by atoms with van der Waals surface area (Å²) in [5, 5.41) is 3.27. The SMILES string of the molecule is C[C@@H](NC(=O)[C@H]1CCCN1S(=O)(=O)c1ccc(Cl)cc1)c1ccc(S(C)(=O)=O)cc1. The average Bonchev–Trinajstić information content (AvgIpc) is 3.18. The second-order valence-corrected chi connectivity index (χ2v) is 11.6. The Kier molecular flexibility index (Phi) is 6.57. The molecule has 1 fully saturated rings. The summed E-state index contributed by atoms with van der Waals surface area (Å²) in [5.74, 6) is -0.385. The molecule has 0 spiro atoms. The molecule has 30 heavy (non-hydrogen) atoms.